The number of aliphatic hydroxyl groups is 1. The summed E-state index contributed by atoms with van der Waals surface area (Å²) in [6, 6.07) is 5.12. The summed E-state index contributed by atoms with van der Waals surface area (Å²) in [4.78, 5) is 30.6. The van der Waals surface area contributed by atoms with E-state index < -0.39 is 0 Å². The molecule has 28 heavy (non-hydrogen) atoms. The van der Waals surface area contributed by atoms with E-state index in [0.29, 0.717) is 50.9 Å². The number of hydrogen-bond acceptors (Lipinski definition) is 6. The molecule has 3 heterocycles. The van der Waals surface area contributed by atoms with Crippen molar-refractivity contribution >= 4 is 17.6 Å². The zero-order valence-electron chi connectivity index (χ0n) is 15.8. The second kappa shape index (κ2) is 8.24. The van der Waals surface area contributed by atoms with Crippen LogP contribution in [0.3, 0.4) is 0 Å². The maximum Gasteiger partial charge on any atom is 0.317 e. The average Bonchev–Trinajstić information content (AvgIpc) is 3.08. The van der Waals surface area contributed by atoms with E-state index in [2.05, 4.69) is 10.2 Å². The van der Waals surface area contributed by atoms with Crippen LogP contribution in [0.2, 0.25) is 0 Å². The van der Waals surface area contributed by atoms with Gasteiger partial charge in [0.15, 0.2) is 11.5 Å². The molecule has 1 aromatic carbocycles. The van der Waals surface area contributed by atoms with Gasteiger partial charge in [-0.15, -0.1) is 0 Å². The van der Waals surface area contributed by atoms with E-state index in [-0.39, 0.29) is 31.0 Å². The van der Waals surface area contributed by atoms with Gasteiger partial charge in [-0.25, -0.2) is 4.79 Å². The lowest BCUT2D eigenvalue weighted by Gasteiger charge is -2.34. The lowest BCUT2D eigenvalue weighted by atomic mass is 10.2. The van der Waals surface area contributed by atoms with Crippen molar-refractivity contribution in [1.29, 1.82) is 0 Å². The van der Waals surface area contributed by atoms with Gasteiger partial charge >= 0.3 is 6.03 Å². The van der Waals surface area contributed by atoms with Crippen LogP contribution in [0.1, 0.15) is 6.42 Å². The zero-order chi connectivity index (χ0) is 19.5. The van der Waals surface area contributed by atoms with Crippen LogP contribution in [0, 0.1) is 0 Å². The van der Waals surface area contributed by atoms with Crippen molar-refractivity contribution in [2.45, 2.75) is 12.5 Å². The smallest absolute Gasteiger partial charge is 0.317 e. The predicted molar refractivity (Wildman–Crippen MR) is 102 cm³/mol. The molecule has 3 aliphatic rings. The van der Waals surface area contributed by atoms with E-state index in [1.54, 1.807) is 9.80 Å². The topological polar surface area (TPSA) is 94.6 Å². The highest BCUT2D eigenvalue weighted by atomic mass is 16.6. The Kier molecular flexibility index (Phi) is 5.54. The number of β-amino-alcohol motifs (C(OH)–C–C–N with tert-alkyl or cyclic N) is 1. The lowest BCUT2D eigenvalue weighted by molar-refractivity contribution is -0.117. The van der Waals surface area contributed by atoms with Gasteiger partial charge in [-0.1, -0.05) is 0 Å². The van der Waals surface area contributed by atoms with Crippen molar-refractivity contribution in [3.63, 3.8) is 0 Å². The summed E-state index contributed by atoms with van der Waals surface area (Å²) >= 11 is 0. The summed E-state index contributed by atoms with van der Waals surface area (Å²) in [5.74, 6) is 1.31. The van der Waals surface area contributed by atoms with Crippen molar-refractivity contribution in [3.05, 3.63) is 18.2 Å². The minimum absolute atomic E-state index is 0.0188. The summed E-state index contributed by atoms with van der Waals surface area (Å²) < 4.78 is 11.1. The Morgan fingerprint density at radius 2 is 1.89 bits per heavy atom. The van der Waals surface area contributed by atoms with Crippen LogP contribution in [0.15, 0.2) is 18.2 Å². The van der Waals surface area contributed by atoms with Crippen LogP contribution in [0.5, 0.6) is 11.5 Å². The molecule has 2 N–H and O–H groups in total. The Morgan fingerprint density at radius 3 is 2.64 bits per heavy atom. The number of nitrogens with zero attached hydrogens (tertiary/aromatic N) is 3. The number of urea groups is 1. The Morgan fingerprint density at radius 1 is 1.14 bits per heavy atom. The van der Waals surface area contributed by atoms with Gasteiger partial charge in [0.2, 0.25) is 5.91 Å². The first kappa shape index (κ1) is 18.8. The van der Waals surface area contributed by atoms with Crippen LogP contribution in [0.25, 0.3) is 0 Å². The summed E-state index contributed by atoms with van der Waals surface area (Å²) in [5.41, 5.74) is 0.753. The minimum Gasteiger partial charge on any atom is -0.486 e. The molecule has 1 aromatic rings. The fraction of sp³-hybridized carbons (Fsp3) is 0.579. The number of rotatable bonds is 4. The zero-order valence-corrected chi connectivity index (χ0v) is 15.8. The number of ether oxygens (including phenoxy) is 2. The van der Waals surface area contributed by atoms with Crippen molar-refractivity contribution in [3.8, 4) is 11.5 Å². The number of nitrogens with one attached hydrogen (secondary N) is 1. The number of piperazine rings is 1. The normalized spacial score (nSPS) is 22.5. The molecule has 152 valence electrons. The molecule has 3 amide bonds. The quantitative estimate of drug-likeness (QED) is 0.745. The molecular weight excluding hydrogens is 364 g/mol. The van der Waals surface area contributed by atoms with Crippen molar-refractivity contribution < 1.29 is 24.2 Å². The number of benzene rings is 1. The van der Waals surface area contributed by atoms with Gasteiger partial charge in [0.25, 0.3) is 0 Å². The SMILES string of the molecule is O=C(N[C@H]1CC(=O)N(c2ccc3c(c2)OCCO3)C1)N1CCN(CCO)CC1. The second-order valence-electron chi connectivity index (χ2n) is 7.24. The van der Waals surface area contributed by atoms with Gasteiger partial charge in [0.05, 0.1) is 12.6 Å². The highest BCUT2D eigenvalue weighted by molar-refractivity contribution is 5.97. The van der Waals surface area contributed by atoms with E-state index in [4.69, 9.17) is 14.6 Å². The first-order chi connectivity index (χ1) is 13.6. The Labute approximate surface area is 163 Å². The third-order valence-electron chi connectivity index (χ3n) is 5.37. The van der Waals surface area contributed by atoms with E-state index in [1.165, 1.54) is 0 Å². The highest BCUT2D eigenvalue weighted by Gasteiger charge is 2.33. The van der Waals surface area contributed by atoms with Gasteiger partial charge in [0, 0.05) is 57.4 Å². The molecule has 0 aliphatic carbocycles. The van der Waals surface area contributed by atoms with Crippen molar-refractivity contribution in [1.82, 2.24) is 15.1 Å². The predicted octanol–water partition coefficient (Wildman–Crippen LogP) is -0.117. The fourth-order valence-electron chi connectivity index (χ4n) is 3.84. The Hall–Kier alpha value is -2.52. The first-order valence-electron chi connectivity index (χ1n) is 9.73. The molecule has 1 atom stereocenters. The first-order valence-corrected chi connectivity index (χ1v) is 9.73. The van der Waals surface area contributed by atoms with E-state index >= 15 is 0 Å². The summed E-state index contributed by atoms with van der Waals surface area (Å²) in [6.07, 6.45) is 0.282. The third kappa shape index (κ3) is 4.00. The maximum absolute atomic E-state index is 12.5. The molecular formula is C19H26N4O5. The van der Waals surface area contributed by atoms with Crippen molar-refractivity contribution in [2.75, 3.05) is 64.0 Å². The molecule has 4 rings (SSSR count). The number of carbonyl (C=O) groups excluding carboxylic acids is 2. The molecule has 0 bridgehead atoms. The standard InChI is InChI=1S/C19H26N4O5/c24-8-7-21-3-5-22(6-4-21)19(26)20-14-11-18(25)23(13-14)15-1-2-16-17(12-15)28-10-9-27-16/h1-2,12,14,24H,3-11,13H2,(H,20,26)/t14-/m0/s1. The number of anilines is 1. The molecule has 2 fully saturated rings. The molecule has 0 unspecified atom stereocenters. The minimum atomic E-state index is -0.219. The van der Waals surface area contributed by atoms with Crippen LogP contribution in [-0.4, -0.2) is 92.0 Å². The Bertz CT molecular complexity index is 735. The van der Waals surface area contributed by atoms with Gasteiger partial charge in [-0.2, -0.15) is 0 Å². The summed E-state index contributed by atoms with van der Waals surface area (Å²) in [7, 11) is 0. The largest absolute Gasteiger partial charge is 0.486 e. The van der Waals surface area contributed by atoms with E-state index in [9.17, 15) is 9.59 Å². The van der Waals surface area contributed by atoms with Crippen LogP contribution < -0.4 is 19.7 Å². The number of carbonyl (C=O) groups is 2. The van der Waals surface area contributed by atoms with Crippen LogP contribution in [-0.2, 0) is 4.79 Å². The monoisotopic (exact) mass is 390 g/mol. The molecule has 2 saturated heterocycles. The van der Waals surface area contributed by atoms with Crippen LogP contribution >= 0.6 is 0 Å². The van der Waals surface area contributed by atoms with Crippen molar-refractivity contribution in [2.24, 2.45) is 0 Å². The average molecular weight is 390 g/mol. The van der Waals surface area contributed by atoms with Crippen LogP contribution in [0.4, 0.5) is 10.5 Å². The molecule has 0 aromatic heterocycles. The maximum atomic E-state index is 12.5. The second-order valence-corrected chi connectivity index (χ2v) is 7.24. The van der Waals surface area contributed by atoms with Gasteiger partial charge in [-0.05, 0) is 12.1 Å². The molecule has 0 spiro atoms. The molecule has 0 radical (unpaired) electrons. The molecule has 0 saturated carbocycles. The fourth-order valence-corrected chi connectivity index (χ4v) is 3.84. The number of aliphatic hydroxyl groups excluding tert-OH is 1. The van der Waals surface area contributed by atoms with Gasteiger partial charge in [0.1, 0.15) is 13.2 Å². The molecule has 3 aliphatic heterocycles. The third-order valence-corrected chi connectivity index (χ3v) is 5.37. The number of fused-ring (bicyclic) bond motifs is 1. The molecule has 9 nitrogen and oxygen atoms in total. The number of hydrogen-bond donors (Lipinski definition) is 2. The van der Waals surface area contributed by atoms with E-state index in [0.717, 1.165) is 18.8 Å². The summed E-state index contributed by atoms with van der Waals surface area (Å²) in [5, 5.41) is 12.0. The van der Waals surface area contributed by atoms with E-state index in [1.807, 2.05) is 18.2 Å². The summed E-state index contributed by atoms with van der Waals surface area (Å²) in [6.45, 7) is 4.97. The van der Waals surface area contributed by atoms with Gasteiger partial charge in [-0.3, -0.25) is 9.69 Å². The molecule has 9 heteroatoms. The number of amides is 3. The Balaban J connectivity index is 1.33. The van der Waals surface area contributed by atoms with Gasteiger partial charge < -0.3 is 29.7 Å². The lowest BCUT2D eigenvalue weighted by Crippen LogP contribution is -2.54. The highest BCUT2D eigenvalue weighted by Crippen LogP contribution is 2.35.